The average Bonchev–Trinajstić information content (AvgIpc) is 3.44. The molecule has 0 unspecified atom stereocenters. The van der Waals surface area contributed by atoms with Gasteiger partial charge in [0.25, 0.3) is 11.5 Å². The summed E-state index contributed by atoms with van der Waals surface area (Å²) in [5.74, 6) is 0.478. The Labute approximate surface area is 169 Å². The molecule has 146 valence electrons. The van der Waals surface area contributed by atoms with E-state index in [0.29, 0.717) is 38.0 Å². The Morgan fingerprint density at radius 1 is 1.29 bits per heavy atom. The SMILES string of the molecule is COc1cc(OC)c(NC(=O)c2c(C)sc3c(=O)n(C4CC4)cnc23)cc1Cl. The maximum absolute atomic E-state index is 13.0. The molecule has 0 aliphatic heterocycles. The lowest BCUT2D eigenvalue weighted by Crippen LogP contribution is -2.19. The van der Waals surface area contributed by atoms with Gasteiger partial charge in [0.2, 0.25) is 0 Å². The maximum Gasteiger partial charge on any atom is 0.271 e. The fraction of sp³-hybridized carbons (Fsp3) is 0.316. The minimum Gasteiger partial charge on any atom is -0.495 e. The summed E-state index contributed by atoms with van der Waals surface area (Å²) in [5, 5.41) is 3.16. The third kappa shape index (κ3) is 3.12. The molecule has 0 radical (unpaired) electrons. The van der Waals surface area contributed by atoms with Crippen LogP contribution in [0.3, 0.4) is 0 Å². The Bertz CT molecular complexity index is 1150. The first kappa shape index (κ1) is 18.8. The summed E-state index contributed by atoms with van der Waals surface area (Å²) in [6, 6.07) is 3.40. The number of benzene rings is 1. The molecule has 0 atom stereocenters. The number of nitrogens with zero attached hydrogens (tertiary/aromatic N) is 2. The molecule has 28 heavy (non-hydrogen) atoms. The number of carbonyl (C=O) groups excluding carboxylic acids is 1. The Balaban J connectivity index is 1.74. The number of anilines is 1. The van der Waals surface area contributed by atoms with Crippen molar-refractivity contribution in [1.82, 2.24) is 9.55 Å². The summed E-state index contributed by atoms with van der Waals surface area (Å²) in [6.45, 7) is 1.81. The first-order chi connectivity index (χ1) is 13.4. The van der Waals surface area contributed by atoms with E-state index < -0.39 is 0 Å². The molecule has 3 aromatic rings. The summed E-state index contributed by atoms with van der Waals surface area (Å²) in [6.07, 6.45) is 3.52. The average molecular weight is 420 g/mol. The van der Waals surface area contributed by atoms with Crippen molar-refractivity contribution in [2.24, 2.45) is 0 Å². The van der Waals surface area contributed by atoms with Crippen molar-refractivity contribution < 1.29 is 14.3 Å². The highest BCUT2D eigenvalue weighted by Crippen LogP contribution is 2.37. The number of hydrogen-bond donors (Lipinski definition) is 1. The van der Waals surface area contributed by atoms with Crippen LogP contribution in [0.15, 0.2) is 23.3 Å². The van der Waals surface area contributed by atoms with Gasteiger partial charge in [0.05, 0.1) is 36.8 Å². The van der Waals surface area contributed by atoms with Gasteiger partial charge < -0.3 is 14.8 Å². The number of aryl methyl sites for hydroxylation is 1. The van der Waals surface area contributed by atoms with Crippen molar-refractivity contribution in [2.75, 3.05) is 19.5 Å². The number of hydrogen-bond acceptors (Lipinski definition) is 6. The minimum absolute atomic E-state index is 0.0928. The molecule has 1 fully saturated rings. The zero-order valence-corrected chi connectivity index (χ0v) is 17.1. The number of amides is 1. The van der Waals surface area contributed by atoms with Crippen LogP contribution >= 0.6 is 22.9 Å². The van der Waals surface area contributed by atoms with Gasteiger partial charge in [0.1, 0.15) is 21.7 Å². The van der Waals surface area contributed by atoms with Crippen molar-refractivity contribution >= 4 is 44.7 Å². The predicted octanol–water partition coefficient (Wildman–Crippen LogP) is 4.02. The van der Waals surface area contributed by atoms with Gasteiger partial charge in [-0.15, -0.1) is 11.3 Å². The molecule has 9 heteroatoms. The third-order valence-corrected chi connectivity index (χ3v) is 6.07. The summed E-state index contributed by atoms with van der Waals surface area (Å²) >= 11 is 7.47. The Morgan fingerprint density at radius 2 is 2.00 bits per heavy atom. The number of carbonyl (C=O) groups is 1. The highest BCUT2D eigenvalue weighted by atomic mass is 35.5. The molecular formula is C19H18ClN3O4S. The van der Waals surface area contributed by atoms with Gasteiger partial charge in [-0.25, -0.2) is 4.98 Å². The van der Waals surface area contributed by atoms with Crippen LogP contribution in [0.4, 0.5) is 5.69 Å². The second-order valence-electron chi connectivity index (χ2n) is 6.54. The number of halogens is 1. The molecular weight excluding hydrogens is 402 g/mol. The third-order valence-electron chi connectivity index (χ3n) is 4.69. The topological polar surface area (TPSA) is 82.5 Å². The van der Waals surface area contributed by atoms with Crippen molar-refractivity contribution in [1.29, 1.82) is 0 Å². The zero-order chi connectivity index (χ0) is 20.0. The van der Waals surface area contributed by atoms with Gasteiger partial charge in [0, 0.05) is 17.0 Å². The molecule has 1 N–H and O–H groups in total. The van der Waals surface area contributed by atoms with E-state index in [0.717, 1.165) is 17.7 Å². The van der Waals surface area contributed by atoms with Crippen LogP contribution in [0.25, 0.3) is 10.2 Å². The number of thiophene rings is 1. The van der Waals surface area contributed by atoms with Crippen molar-refractivity contribution in [3.63, 3.8) is 0 Å². The lowest BCUT2D eigenvalue weighted by atomic mass is 10.2. The lowest BCUT2D eigenvalue weighted by Gasteiger charge is -2.13. The first-order valence-electron chi connectivity index (χ1n) is 8.67. The largest absolute Gasteiger partial charge is 0.495 e. The van der Waals surface area contributed by atoms with E-state index in [1.807, 2.05) is 0 Å². The molecule has 4 rings (SSSR count). The molecule has 1 aliphatic rings. The second kappa shape index (κ2) is 7.10. The minimum atomic E-state index is -0.376. The number of rotatable bonds is 5. The maximum atomic E-state index is 13.0. The Morgan fingerprint density at radius 3 is 2.64 bits per heavy atom. The summed E-state index contributed by atoms with van der Waals surface area (Å²) in [7, 11) is 2.99. The Kier molecular flexibility index (Phi) is 4.76. The zero-order valence-electron chi connectivity index (χ0n) is 15.5. The molecule has 0 spiro atoms. The van der Waals surface area contributed by atoms with Gasteiger partial charge in [-0.2, -0.15) is 0 Å². The predicted molar refractivity (Wildman–Crippen MR) is 109 cm³/mol. The van der Waals surface area contributed by atoms with Crippen LogP contribution < -0.4 is 20.3 Å². The molecule has 2 heterocycles. The van der Waals surface area contributed by atoms with E-state index in [2.05, 4.69) is 10.3 Å². The van der Waals surface area contributed by atoms with Crippen LogP contribution in [0.5, 0.6) is 11.5 Å². The monoisotopic (exact) mass is 419 g/mol. The Hall–Kier alpha value is -2.58. The number of aromatic nitrogens is 2. The van der Waals surface area contributed by atoms with Gasteiger partial charge in [0.15, 0.2) is 0 Å². The van der Waals surface area contributed by atoms with E-state index in [-0.39, 0.29) is 17.5 Å². The molecule has 1 saturated carbocycles. The number of nitrogens with one attached hydrogen (secondary N) is 1. The summed E-state index contributed by atoms with van der Waals surface area (Å²) in [4.78, 5) is 30.9. The molecule has 1 aliphatic carbocycles. The molecule has 7 nitrogen and oxygen atoms in total. The fourth-order valence-electron chi connectivity index (χ4n) is 3.11. The number of fused-ring (bicyclic) bond motifs is 1. The number of ether oxygens (including phenoxy) is 2. The van der Waals surface area contributed by atoms with Crippen LogP contribution in [-0.2, 0) is 0 Å². The van der Waals surface area contributed by atoms with Crippen LogP contribution in [0, 0.1) is 6.92 Å². The van der Waals surface area contributed by atoms with Gasteiger partial charge in [-0.1, -0.05) is 11.6 Å². The fourth-order valence-corrected chi connectivity index (χ4v) is 4.40. The normalized spacial score (nSPS) is 13.6. The molecule has 2 aromatic heterocycles. The highest BCUT2D eigenvalue weighted by Gasteiger charge is 2.28. The smallest absolute Gasteiger partial charge is 0.271 e. The molecule has 1 amide bonds. The molecule has 0 bridgehead atoms. The van der Waals surface area contributed by atoms with Crippen LogP contribution in [0.2, 0.25) is 5.02 Å². The van der Waals surface area contributed by atoms with Gasteiger partial charge >= 0.3 is 0 Å². The van der Waals surface area contributed by atoms with E-state index in [9.17, 15) is 9.59 Å². The summed E-state index contributed by atoms with van der Waals surface area (Å²) in [5.41, 5.74) is 1.11. The van der Waals surface area contributed by atoms with E-state index in [1.165, 1.54) is 31.9 Å². The second-order valence-corrected chi connectivity index (χ2v) is 8.17. The first-order valence-corrected chi connectivity index (χ1v) is 9.87. The van der Waals surface area contributed by atoms with Gasteiger partial charge in [-0.05, 0) is 25.8 Å². The van der Waals surface area contributed by atoms with E-state index >= 15 is 0 Å². The van der Waals surface area contributed by atoms with E-state index in [1.54, 1.807) is 23.6 Å². The molecule has 1 aromatic carbocycles. The van der Waals surface area contributed by atoms with Crippen molar-refractivity contribution in [2.45, 2.75) is 25.8 Å². The molecule has 0 saturated heterocycles. The van der Waals surface area contributed by atoms with Gasteiger partial charge in [-0.3, -0.25) is 14.2 Å². The van der Waals surface area contributed by atoms with Crippen LogP contribution in [0.1, 0.15) is 34.1 Å². The van der Waals surface area contributed by atoms with Crippen molar-refractivity contribution in [3.8, 4) is 11.5 Å². The lowest BCUT2D eigenvalue weighted by molar-refractivity contribution is 0.102. The van der Waals surface area contributed by atoms with Crippen LogP contribution in [-0.4, -0.2) is 29.7 Å². The number of methoxy groups -OCH3 is 2. The summed E-state index contributed by atoms with van der Waals surface area (Å²) < 4.78 is 12.7. The highest BCUT2D eigenvalue weighted by molar-refractivity contribution is 7.19. The quantitative estimate of drug-likeness (QED) is 0.675. The van der Waals surface area contributed by atoms with Crippen molar-refractivity contribution in [3.05, 3.63) is 44.3 Å². The standard InChI is InChI=1S/C19H18ClN3O4S/c1-9-15(16-17(28-9)19(25)23(8-21-16)10-4-5-10)18(24)22-12-6-11(20)13(26-2)7-14(12)27-3/h6-8,10H,4-5H2,1-3H3,(H,22,24). The van der Waals surface area contributed by atoms with E-state index in [4.69, 9.17) is 21.1 Å².